The minimum absolute atomic E-state index is 0.244. The van der Waals surface area contributed by atoms with E-state index >= 15 is 0 Å². The molecular formula is C17H26N2O4. The van der Waals surface area contributed by atoms with Crippen molar-refractivity contribution in [3.63, 3.8) is 0 Å². The summed E-state index contributed by atoms with van der Waals surface area (Å²) >= 11 is 0. The third kappa shape index (κ3) is 6.69. The molecule has 6 nitrogen and oxygen atoms in total. The van der Waals surface area contributed by atoms with Gasteiger partial charge in [-0.15, -0.1) is 0 Å². The molecule has 0 spiro atoms. The number of carbonyl (C=O) groups excluding carboxylic acids is 2. The molecule has 1 aromatic rings. The van der Waals surface area contributed by atoms with E-state index in [0.29, 0.717) is 24.5 Å². The fourth-order valence-electron chi connectivity index (χ4n) is 1.82. The van der Waals surface area contributed by atoms with Crippen LogP contribution in [0.5, 0.6) is 5.75 Å². The molecule has 0 aliphatic heterocycles. The first kappa shape index (κ1) is 19.0. The molecule has 6 heteroatoms. The van der Waals surface area contributed by atoms with Crippen LogP contribution < -0.4 is 15.4 Å². The summed E-state index contributed by atoms with van der Waals surface area (Å²) in [6.45, 7) is 8.44. The molecular weight excluding hydrogens is 296 g/mol. The van der Waals surface area contributed by atoms with Crippen molar-refractivity contribution < 1.29 is 19.4 Å². The average Bonchev–Trinajstić information content (AvgIpc) is 2.48. The van der Waals surface area contributed by atoms with Crippen LogP contribution >= 0.6 is 0 Å². The van der Waals surface area contributed by atoms with E-state index in [2.05, 4.69) is 10.6 Å². The van der Waals surface area contributed by atoms with Crippen LogP contribution in [0.1, 0.15) is 34.1 Å². The number of hydrogen-bond donors (Lipinski definition) is 3. The van der Waals surface area contributed by atoms with Gasteiger partial charge in [0, 0.05) is 12.2 Å². The van der Waals surface area contributed by atoms with E-state index in [9.17, 15) is 14.7 Å². The lowest BCUT2D eigenvalue weighted by Crippen LogP contribution is -2.38. The van der Waals surface area contributed by atoms with E-state index in [1.54, 1.807) is 24.3 Å². The van der Waals surface area contributed by atoms with Crippen LogP contribution in [0.15, 0.2) is 24.3 Å². The summed E-state index contributed by atoms with van der Waals surface area (Å²) in [6.07, 6.45) is -0.150. The molecule has 1 unspecified atom stereocenters. The van der Waals surface area contributed by atoms with Gasteiger partial charge in [-0.3, -0.25) is 9.59 Å². The maximum Gasteiger partial charge on any atom is 0.313 e. The molecule has 0 aliphatic carbocycles. The Kier molecular flexibility index (Phi) is 7.03. The molecule has 1 atom stereocenters. The summed E-state index contributed by atoms with van der Waals surface area (Å²) in [5.74, 6) is -0.759. The second-order valence-corrected chi connectivity index (χ2v) is 6.34. The monoisotopic (exact) mass is 322 g/mol. The van der Waals surface area contributed by atoms with Gasteiger partial charge < -0.3 is 20.5 Å². The lowest BCUT2D eigenvalue weighted by Gasteiger charge is -2.25. The molecule has 2 amide bonds. The third-order valence-electron chi connectivity index (χ3n) is 3.33. The summed E-state index contributed by atoms with van der Waals surface area (Å²) in [6, 6.07) is 6.77. The van der Waals surface area contributed by atoms with Crippen LogP contribution in [-0.4, -0.2) is 36.2 Å². The van der Waals surface area contributed by atoms with Crippen LogP contribution in [0.4, 0.5) is 5.69 Å². The van der Waals surface area contributed by atoms with Gasteiger partial charge in [0.05, 0.1) is 12.7 Å². The van der Waals surface area contributed by atoms with Crippen LogP contribution in [0, 0.1) is 5.41 Å². The van der Waals surface area contributed by atoms with Crippen molar-refractivity contribution in [3.05, 3.63) is 24.3 Å². The van der Waals surface area contributed by atoms with Gasteiger partial charge in [-0.2, -0.15) is 0 Å². The Bertz CT molecular complexity index is 520. The van der Waals surface area contributed by atoms with E-state index in [4.69, 9.17) is 4.74 Å². The molecule has 1 rings (SSSR count). The van der Waals surface area contributed by atoms with Gasteiger partial charge in [0.1, 0.15) is 5.75 Å². The van der Waals surface area contributed by atoms with Gasteiger partial charge in [0.15, 0.2) is 0 Å². The highest BCUT2D eigenvalue weighted by Crippen LogP contribution is 2.21. The highest BCUT2D eigenvalue weighted by molar-refractivity contribution is 6.39. The van der Waals surface area contributed by atoms with E-state index in [1.165, 1.54) is 0 Å². The fraction of sp³-hybridized carbons (Fsp3) is 0.529. The Morgan fingerprint density at radius 3 is 2.30 bits per heavy atom. The first-order valence-electron chi connectivity index (χ1n) is 7.74. The lowest BCUT2D eigenvalue weighted by molar-refractivity contribution is -0.136. The van der Waals surface area contributed by atoms with Gasteiger partial charge >= 0.3 is 11.8 Å². The van der Waals surface area contributed by atoms with E-state index in [0.717, 1.165) is 0 Å². The zero-order valence-corrected chi connectivity index (χ0v) is 14.2. The van der Waals surface area contributed by atoms with Crippen molar-refractivity contribution in [3.8, 4) is 5.75 Å². The third-order valence-corrected chi connectivity index (χ3v) is 3.33. The molecule has 0 aliphatic rings. The van der Waals surface area contributed by atoms with Crippen molar-refractivity contribution in [2.24, 2.45) is 5.41 Å². The number of amides is 2. The zero-order valence-electron chi connectivity index (χ0n) is 14.2. The number of rotatable bonds is 6. The summed E-state index contributed by atoms with van der Waals surface area (Å²) in [7, 11) is 0. The molecule has 0 saturated heterocycles. The Labute approximate surface area is 137 Å². The first-order chi connectivity index (χ1) is 10.7. The van der Waals surface area contributed by atoms with Crippen LogP contribution in [0.3, 0.4) is 0 Å². The maximum atomic E-state index is 11.8. The Morgan fingerprint density at radius 1 is 1.17 bits per heavy atom. The molecule has 1 aromatic carbocycles. The van der Waals surface area contributed by atoms with Crippen molar-refractivity contribution in [2.75, 3.05) is 18.5 Å². The van der Waals surface area contributed by atoms with E-state index in [-0.39, 0.29) is 12.0 Å². The number of benzene rings is 1. The fourth-order valence-corrected chi connectivity index (χ4v) is 1.82. The van der Waals surface area contributed by atoms with E-state index in [1.807, 2.05) is 27.7 Å². The highest BCUT2D eigenvalue weighted by atomic mass is 16.5. The van der Waals surface area contributed by atoms with Crippen molar-refractivity contribution in [1.29, 1.82) is 0 Å². The maximum absolute atomic E-state index is 11.8. The summed E-state index contributed by atoms with van der Waals surface area (Å²) < 4.78 is 5.30. The highest BCUT2D eigenvalue weighted by Gasteiger charge is 2.22. The standard InChI is InChI=1S/C17H26N2O4/c1-5-23-13-8-6-12(7-9-13)19-16(22)15(21)18-11-10-14(20)17(2,3)4/h6-9,14,20H,5,10-11H2,1-4H3,(H,18,21)(H,19,22). The van der Waals surface area contributed by atoms with Crippen LogP contribution in [0.25, 0.3) is 0 Å². The topological polar surface area (TPSA) is 87.7 Å². The predicted octanol–water partition coefficient (Wildman–Crippen LogP) is 1.94. The SMILES string of the molecule is CCOc1ccc(NC(=O)C(=O)NCCC(O)C(C)(C)C)cc1. The van der Waals surface area contributed by atoms with Crippen molar-refractivity contribution in [2.45, 2.75) is 40.2 Å². The van der Waals surface area contributed by atoms with Crippen molar-refractivity contribution in [1.82, 2.24) is 5.32 Å². The Morgan fingerprint density at radius 2 is 1.78 bits per heavy atom. The molecule has 0 radical (unpaired) electrons. The molecule has 23 heavy (non-hydrogen) atoms. The second kappa shape index (κ2) is 8.53. The number of nitrogens with one attached hydrogen (secondary N) is 2. The number of carbonyl (C=O) groups is 2. The van der Waals surface area contributed by atoms with Crippen molar-refractivity contribution >= 4 is 17.5 Å². The average molecular weight is 322 g/mol. The minimum atomic E-state index is -0.737. The number of aliphatic hydroxyl groups excluding tert-OH is 1. The predicted molar refractivity (Wildman–Crippen MR) is 89.3 cm³/mol. The molecule has 0 heterocycles. The van der Waals surface area contributed by atoms with Gasteiger partial charge in [-0.05, 0) is 43.0 Å². The molecule has 128 valence electrons. The van der Waals surface area contributed by atoms with Gasteiger partial charge in [0.25, 0.3) is 0 Å². The molecule has 0 bridgehead atoms. The van der Waals surface area contributed by atoms with Gasteiger partial charge in [-0.25, -0.2) is 0 Å². The van der Waals surface area contributed by atoms with Gasteiger partial charge in [0.2, 0.25) is 0 Å². The van der Waals surface area contributed by atoms with Gasteiger partial charge in [-0.1, -0.05) is 20.8 Å². The van der Waals surface area contributed by atoms with Crippen LogP contribution in [0.2, 0.25) is 0 Å². The smallest absolute Gasteiger partial charge is 0.313 e. The molecule has 3 N–H and O–H groups in total. The number of hydrogen-bond acceptors (Lipinski definition) is 4. The number of aliphatic hydroxyl groups is 1. The second-order valence-electron chi connectivity index (χ2n) is 6.34. The molecule has 0 fully saturated rings. The summed E-state index contributed by atoms with van der Waals surface area (Å²) in [4.78, 5) is 23.5. The number of ether oxygens (including phenoxy) is 1. The molecule has 0 saturated carbocycles. The van der Waals surface area contributed by atoms with Crippen LogP contribution in [-0.2, 0) is 9.59 Å². The normalized spacial score (nSPS) is 12.4. The minimum Gasteiger partial charge on any atom is -0.494 e. The Hall–Kier alpha value is -2.08. The summed E-state index contributed by atoms with van der Waals surface area (Å²) in [5.41, 5.74) is 0.262. The largest absolute Gasteiger partial charge is 0.494 e. The summed E-state index contributed by atoms with van der Waals surface area (Å²) in [5, 5.41) is 14.9. The first-order valence-corrected chi connectivity index (χ1v) is 7.74. The van der Waals surface area contributed by atoms with E-state index < -0.39 is 17.9 Å². The lowest BCUT2D eigenvalue weighted by atomic mass is 9.87. The zero-order chi connectivity index (χ0) is 17.5. The number of anilines is 1. The molecule has 0 aromatic heterocycles. The Balaban J connectivity index is 2.40. The quantitative estimate of drug-likeness (QED) is 0.698.